The maximum Gasteiger partial charge on any atom is 0.256 e. The number of anilines is 1. The lowest BCUT2D eigenvalue weighted by atomic mass is 10.2. The van der Waals surface area contributed by atoms with Crippen molar-refractivity contribution in [2.45, 2.75) is 56.6 Å². The van der Waals surface area contributed by atoms with Crippen LogP contribution in [-0.2, 0) is 10.0 Å². The highest BCUT2D eigenvalue weighted by atomic mass is 32.2. The second-order valence-corrected chi connectivity index (χ2v) is 12.3. The average molecular weight is 463 g/mol. The van der Waals surface area contributed by atoms with E-state index in [4.69, 9.17) is 0 Å². The lowest BCUT2D eigenvalue weighted by molar-refractivity contribution is 0.102. The number of carbonyl (C=O) groups excluding carboxylic acids is 1. The first-order chi connectivity index (χ1) is 14.5. The van der Waals surface area contributed by atoms with Crippen LogP contribution in [0, 0.1) is 11.8 Å². The number of benzene rings is 2. The summed E-state index contributed by atoms with van der Waals surface area (Å²) in [6, 6.07) is 13.9. The molecule has 0 saturated carbocycles. The van der Waals surface area contributed by atoms with Gasteiger partial charge >= 0.3 is 0 Å². The minimum atomic E-state index is -3.59. The first-order valence-electron chi connectivity index (χ1n) is 10.7. The van der Waals surface area contributed by atoms with E-state index < -0.39 is 10.0 Å². The number of nitrogens with zero attached hydrogens (tertiary/aromatic N) is 1. The third-order valence-electron chi connectivity index (χ3n) is 4.38. The van der Waals surface area contributed by atoms with Crippen LogP contribution in [0.5, 0.6) is 0 Å². The fourth-order valence-electron chi connectivity index (χ4n) is 3.15. The molecule has 2 aromatic rings. The van der Waals surface area contributed by atoms with Gasteiger partial charge in [0.25, 0.3) is 5.91 Å². The summed E-state index contributed by atoms with van der Waals surface area (Å²) in [6.07, 6.45) is 0. The van der Waals surface area contributed by atoms with Crippen molar-refractivity contribution >= 4 is 33.4 Å². The van der Waals surface area contributed by atoms with E-state index in [1.165, 1.54) is 0 Å². The number of amides is 1. The number of thioether (sulfide) groups is 1. The Morgan fingerprint density at radius 1 is 0.903 bits per heavy atom. The summed E-state index contributed by atoms with van der Waals surface area (Å²) < 4.78 is 27.8. The van der Waals surface area contributed by atoms with E-state index in [1.807, 2.05) is 45.9 Å². The summed E-state index contributed by atoms with van der Waals surface area (Å²) in [5.74, 6) is 0.257. The van der Waals surface area contributed by atoms with Gasteiger partial charge in [-0.05, 0) is 48.2 Å². The van der Waals surface area contributed by atoms with Gasteiger partial charge in [-0.25, -0.2) is 8.42 Å². The molecule has 1 amide bonds. The van der Waals surface area contributed by atoms with E-state index in [9.17, 15) is 13.2 Å². The smallest absolute Gasteiger partial charge is 0.256 e. The van der Waals surface area contributed by atoms with E-state index >= 15 is 0 Å². The molecule has 0 bridgehead atoms. The molecule has 0 aliphatic heterocycles. The molecule has 2 aromatic carbocycles. The lowest BCUT2D eigenvalue weighted by Crippen LogP contribution is -2.37. The zero-order valence-corrected chi connectivity index (χ0v) is 20.9. The van der Waals surface area contributed by atoms with E-state index in [0.29, 0.717) is 29.6 Å². The van der Waals surface area contributed by atoms with Crippen LogP contribution in [0.25, 0.3) is 0 Å². The Labute approximate surface area is 191 Å². The zero-order valence-electron chi connectivity index (χ0n) is 19.3. The molecule has 0 saturated heterocycles. The van der Waals surface area contributed by atoms with Gasteiger partial charge in [0.15, 0.2) is 0 Å². The molecule has 0 fully saturated rings. The topological polar surface area (TPSA) is 66.5 Å². The van der Waals surface area contributed by atoms with Crippen molar-refractivity contribution < 1.29 is 13.2 Å². The minimum absolute atomic E-state index is 0.208. The molecule has 0 atom stereocenters. The molecule has 0 aliphatic rings. The second-order valence-electron chi connectivity index (χ2n) is 8.75. The van der Waals surface area contributed by atoms with Crippen molar-refractivity contribution in [1.82, 2.24) is 4.31 Å². The molecule has 0 aliphatic carbocycles. The van der Waals surface area contributed by atoms with Crippen molar-refractivity contribution in [3.8, 4) is 0 Å². The predicted octanol–water partition coefficient (Wildman–Crippen LogP) is 5.74. The number of rotatable bonds is 10. The number of sulfonamides is 1. The van der Waals surface area contributed by atoms with Gasteiger partial charge in [0.1, 0.15) is 0 Å². The molecule has 2 rings (SSSR count). The SMILES string of the molecule is CC(C)CN(CC(C)C)S(=O)(=O)c1ccc(NC(=O)c2ccccc2SC(C)C)cc1. The summed E-state index contributed by atoms with van der Waals surface area (Å²) in [7, 11) is -3.59. The molecule has 170 valence electrons. The summed E-state index contributed by atoms with van der Waals surface area (Å²) >= 11 is 1.64. The fraction of sp³-hybridized carbons (Fsp3) is 0.458. The van der Waals surface area contributed by atoms with E-state index in [2.05, 4.69) is 19.2 Å². The molecule has 0 spiro atoms. The molecule has 0 aromatic heterocycles. The molecule has 0 heterocycles. The Bertz CT molecular complexity index is 959. The van der Waals surface area contributed by atoms with Crippen LogP contribution >= 0.6 is 11.8 Å². The van der Waals surface area contributed by atoms with Crippen molar-refractivity contribution in [3.05, 3.63) is 54.1 Å². The van der Waals surface area contributed by atoms with Crippen molar-refractivity contribution in [2.75, 3.05) is 18.4 Å². The standard InChI is InChI=1S/C24H34N2O3S2/c1-17(2)15-26(16-18(3)4)31(28,29)21-13-11-20(12-14-21)25-24(27)22-9-7-8-10-23(22)30-19(5)6/h7-14,17-19H,15-16H2,1-6H3,(H,25,27). The summed E-state index contributed by atoms with van der Waals surface area (Å²) in [6.45, 7) is 13.2. The van der Waals surface area contributed by atoms with Crippen LogP contribution in [-0.4, -0.2) is 37.0 Å². The Kier molecular flexibility index (Phi) is 9.15. The van der Waals surface area contributed by atoms with Crippen LogP contribution in [0.2, 0.25) is 0 Å². The monoisotopic (exact) mass is 462 g/mol. The van der Waals surface area contributed by atoms with Gasteiger partial charge in [0, 0.05) is 28.9 Å². The molecular weight excluding hydrogens is 428 g/mol. The Hall–Kier alpha value is -1.83. The van der Waals surface area contributed by atoms with E-state index in [-0.39, 0.29) is 22.6 Å². The van der Waals surface area contributed by atoms with Crippen molar-refractivity contribution in [3.63, 3.8) is 0 Å². The maximum absolute atomic E-state index is 13.1. The third kappa shape index (κ3) is 7.37. The predicted molar refractivity (Wildman–Crippen MR) is 130 cm³/mol. The quantitative estimate of drug-likeness (QED) is 0.457. The van der Waals surface area contributed by atoms with Gasteiger partial charge in [0.05, 0.1) is 10.5 Å². The second kappa shape index (κ2) is 11.2. The van der Waals surface area contributed by atoms with Gasteiger partial charge in [-0.3, -0.25) is 4.79 Å². The summed E-state index contributed by atoms with van der Waals surface area (Å²) in [5.41, 5.74) is 1.17. The average Bonchev–Trinajstić information content (AvgIpc) is 2.67. The highest BCUT2D eigenvalue weighted by molar-refractivity contribution is 8.00. The van der Waals surface area contributed by atoms with Gasteiger partial charge in [-0.1, -0.05) is 53.7 Å². The number of hydrogen-bond acceptors (Lipinski definition) is 4. The van der Waals surface area contributed by atoms with Crippen LogP contribution in [0.1, 0.15) is 51.9 Å². The van der Waals surface area contributed by atoms with Gasteiger partial charge < -0.3 is 5.32 Å². The van der Waals surface area contributed by atoms with Crippen LogP contribution in [0.4, 0.5) is 5.69 Å². The number of hydrogen-bond donors (Lipinski definition) is 1. The fourth-order valence-corrected chi connectivity index (χ4v) is 5.87. The Morgan fingerprint density at radius 3 is 1.97 bits per heavy atom. The van der Waals surface area contributed by atoms with Gasteiger partial charge in [0.2, 0.25) is 10.0 Å². The van der Waals surface area contributed by atoms with Gasteiger partial charge in [-0.15, -0.1) is 11.8 Å². The highest BCUT2D eigenvalue weighted by Gasteiger charge is 2.26. The first-order valence-corrected chi connectivity index (χ1v) is 13.0. The Morgan fingerprint density at radius 2 is 1.45 bits per heavy atom. The van der Waals surface area contributed by atoms with Crippen LogP contribution in [0.3, 0.4) is 0 Å². The molecule has 5 nitrogen and oxygen atoms in total. The Balaban J connectivity index is 2.20. The first kappa shape index (κ1) is 25.4. The zero-order chi connectivity index (χ0) is 23.2. The highest BCUT2D eigenvalue weighted by Crippen LogP contribution is 2.27. The maximum atomic E-state index is 13.1. The van der Waals surface area contributed by atoms with E-state index in [0.717, 1.165) is 4.90 Å². The summed E-state index contributed by atoms with van der Waals surface area (Å²) in [4.78, 5) is 14.0. The molecule has 31 heavy (non-hydrogen) atoms. The summed E-state index contributed by atoms with van der Waals surface area (Å²) in [5, 5.41) is 3.24. The van der Waals surface area contributed by atoms with E-state index in [1.54, 1.807) is 46.4 Å². The van der Waals surface area contributed by atoms with Crippen molar-refractivity contribution in [1.29, 1.82) is 0 Å². The van der Waals surface area contributed by atoms with Crippen LogP contribution in [0.15, 0.2) is 58.3 Å². The molecular formula is C24H34N2O3S2. The largest absolute Gasteiger partial charge is 0.322 e. The number of nitrogens with one attached hydrogen (secondary N) is 1. The number of carbonyl (C=O) groups is 1. The lowest BCUT2D eigenvalue weighted by Gasteiger charge is -2.25. The van der Waals surface area contributed by atoms with Crippen molar-refractivity contribution in [2.24, 2.45) is 11.8 Å². The molecule has 1 N–H and O–H groups in total. The molecule has 0 unspecified atom stereocenters. The molecule has 7 heteroatoms. The third-order valence-corrected chi connectivity index (χ3v) is 7.31. The van der Waals surface area contributed by atoms with Gasteiger partial charge in [-0.2, -0.15) is 4.31 Å². The molecule has 0 radical (unpaired) electrons. The normalized spacial score (nSPS) is 12.2. The minimum Gasteiger partial charge on any atom is -0.322 e. The van der Waals surface area contributed by atoms with Crippen LogP contribution < -0.4 is 5.32 Å².